The van der Waals surface area contributed by atoms with Gasteiger partial charge in [0, 0.05) is 15.9 Å². The van der Waals surface area contributed by atoms with E-state index >= 15 is 0 Å². The maximum absolute atomic E-state index is 5.66. The molecule has 0 saturated heterocycles. The van der Waals surface area contributed by atoms with Gasteiger partial charge in [0.2, 0.25) is 5.95 Å². The number of nitrogens with two attached hydrogens (primary N) is 1. The molecule has 132 valence electrons. The molecule has 6 nitrogen and oxygen atoms in total. The lowest BCUT2D eigenvalue weighted by Gasteiger charge is -2.20. The number of imidazole rings is 1. The molecule has 0 amide bonds. The number of anilines is 1. The van der Waals surface area contributed by atoms with Crippen LogP contribution in [0.2, 0.25) is 0 Å². The summed E-state index contributed by atoms with van der Waals surface area (Å²) < 4.78 is 2.17. The van der Waals surface area contributed by atoms with E-state index in [0.29, 0.717) is 6.54 Å². The fraction of sp³-hybridized carbons (Fsp3) is 0.308. The summed E-state index contributed by atoms with van der Waals surface area (Å²) in [6.07, 6.45) is 4.13. The molecule has 0 unspecified atom stereocenters. The van der Waals surface area contributed by atoms with Gasteiger partial charge in [-0.2, -0.15) is 0 Å². The van der Waals surface area contributed by atoms with Crippen LogP contribution in [0.3, 0.4) is 0 Å². The van der Waals surface area contributed by atoms with Crippen molar-refractivity contribution in [1.29, 1.82) is 0 Å². The molecule has 0 radical (unpaired) electrons. The van der Waals surface area contributed by atoms with Crippen LogP contribution in [0.1, 0.15) is 11.3 Å². The highest BCUT2D eigenvalue weighted by Gasteiger charge is 2.14. The fourth-order valence-electron chi connectivity index (χ4n) is 2.10. The van der Waals surface area contributed by atoms with E-state index in [0.717, 1.165) is 44.9 Å². The number of nitrogens with zero attached hydrogens (tertiary/aromatic N) is 4. The number of H-pyrrole nitrogens is 1. The number of aromatic nitrogens is 4. The number of fused-ring (bicyclic) bond motifs is 1. The van der Waals surface area contributed by atoms with E-state index < -0.39 is 0 Å². The Morgan fingerprint density at radius 3 is 2.71 bits per heavy atom. The van der Waals surface area contributed by atoms with Crippen molar-refractivity contribution in [2.45, 2.75) is 13.0 Å². The first-order valence-corrected chi connectivity index (χ1v) is 9.12. The van der Waals surface area contributed by atoms with E-state index in [1.54, 1.807) is 17.5 Å². The molecule has 0 atom stereocenters. The lowest BCUT2D eigenvalue weighted by molar-refractivity contribution is 0.724. The highest BCUT2D eigenvalue weighted by Crippen LogP contribution is 2.33. The molecular formula is C13H16Br2Cl2N6S. The molecule has 0 aliphatic rings. The highest BCUT2D eigenvalue weighted by atomic mass is 79.9. The summed E-state index contributed by atoms with van der Waals surface area (Å²) in [6, 6.07) is 2.12. The third-order valence-corrected chi connectivity index (χ3v) is 6.37. The van der Waals surface area contributed by atoms with Crippen molar-refractivity contribution >= 4 is 85.1 Å². The Labute approximate surface area is 172 Å². The minimum absolute atomic E-state index is 0. The van der Waals surface area contributed by atoms with Gasteiger partial charge in [-0.3, -0.25) is 0 Å². The quantitative estimate of drug-likeness (QED) is 0.512. The highest BCUT2D eigenvalue weighted by molar-refractivity contribution is 9.13. The summed E-state index contributed by atoms with van der Waals surface area (Å²) in [4.78, 5) is 19.4. The first-order chi connectivity index (χ1) is 10.7. The Morgan fingerprint density at radius 1 is 1.29 bits per heavy atom. The van der Waals surface area contributed by atoms with Crippen molar-refractivity contribution < 1.29 is 0 Å². The molecule has 3 rings (SSSR count). The zero-order valence-electron chi connectivity index (χ0n) is 12.4. The zero-order valence-corrected chi connectivity index (χ0v) is 18.0. The van der Waals surface area contributed by atoms with Crippen LogP contribution in [0, 0.1) is 0 Å². The Hall–Kier alpha value is -0.450. The van der Waals surface area contributed by atoms with E-state index in [9.17, 15) is 0 Å². The molecule has 0 saturated carbocycles. The minimum Gasteiger partial charge on any atom is -0.337 e. The average molecular weight is 519 g/mol. The van der Waals surface area contributed by atoms with Crippen molar-refractivity contribution in [3.63, 3.8) is 0 Å². The largest absolute Gasteiger partial charge is 0.337 e. The van der Waals surface area contributed by atoms with Crippen LogP contribution in [-0.4, -0.2) is 33.0 Å². The van der Waals surface area contributed by atoms with Gasteiger partial charge < -0.3 is 15.6 Å². The fourth-order valence-corrected chi connectivity index (χ4v) is 4.29. The first kappa shape index (κ1) is 21.6. The Balaban J connectivity index is 0.00000144. The van der Waals surface area contributed by atoms with Gasteiger partial charge in [0.05, 0.1) is 16.5 Å². The van der Waals surface area contributed by atoms with Crippen LogP contribution in [0.5, 0.6) is 0 Å². The number of nitrogens with one attached hydrogen (secondary N) is 1. The summed E-state index contributed by atoms with van der Waals surface area (Å²) in [7, 11) is 0. The number of rotatable bonds is 6. The Bertz CT molecular complexity index is 728. The predicted octanol–water partition coefficient (Wildman–Crippen LogP) is 4.14. The van der Waals surface area contributed by atoms with E-state index in [1.807, 2.05) is 0 Å². The van der Waals surface area contributed by atoms with Crippen LogP contribution in [-0.2, 0) is 6.54 Å². The third-order valence-electron chi connectivity index (χ3n) is 3.12. The van der Waals surface area contributed by atoms with Crippen LogP contribution >= 0.6 is 68.0 Å². The lowest BCUT2D eigenvalue weighted by atomic mass is 10.3. The van der Waals surface area contributed by atoms with Gasteiger partial charge in [0.15, 0.2) is 5.65 Å². The summed E-state index contributed by atoms with van der Waals surface area (Å²) in [5.74, 6) is 0.796. The molecule has 0 aromatic carbocycles. The number of thiophene rings is 1. The van der Waals surface area contributed by atoms with Gasteiger partial charge in [-0.1, -0.05) is 0 Å². The molecule has 3 N–H and O–H groups in total. The second-order valence-electron chi connectivity index (χ2n) is 4.72. The number of hydrogen-bond acceptors (Lipinski definition) is 6. The Morgan fingerprint density at radius 2 is 2.08 bits per heavy atom. The van der Waals surface area contributed by atoms with E-state index in [1.165, 1.54) is 11.2 Å². The smallest absolute Gasteiger partial charge is 0.205 e. The molecule has 3 aromatic rings. The standard InChI is InChI=1S/C13H14Br2N6S.2ClH/c14-9-4-8(22-11(9)15)6-21(3-1-2-16)13-19-10-5-17-7-18-12(10)20-13;;/h4-5,7H,1-3,6,16H2,(H,17,18,19,20);2*1H. The van der Waals surface area contributed by atoms with Crippen molar-refractivity contribution in [2.24, 2.45) is 5.73 Å². The second kappa shape index (κ2) is 9.88. The molecule has 3 aromatic heterocycles. The second-order valence-corrected chi connectivity index (χ2v) is 8.02. The molecule has 11 heteroatoms. The van der Waals surface area contributed by atoms with Crippen LogP contribution in [0.4, 0.5) is 5.95 Å². The summed E-state index contributed by atoms with van der Waals surface area (Å²) in [5, 5.41) is 0. The third kappa shape index (κ3) is 5.03. The maximum atomic E-state index is 5.66. The van der Waals surface area contributed by atoms with Crippen LogP contribution in [0.25, 0.3) is 11.2 Å². The van der Waals surface area contributed by atoms with Gasteiger partial charge in [-0.05, 0) is 50.9 Å². The summed E-state index contributed by atoms with van der Waals surface area (Å²) >= 11 is 8.77. The van der Waals surface area contributed by atoms with Gasteiger partial charge in [0.1, 0.15) is 11.8 Å². The summed E-state index contributed by atoms with van der Waals surface area (Å²) in [6.45, 7) is 2.24. The van der Waals surface area contributed by atoms with E-state index in [4.69, 9.17) is 5.73 Å². The normalized spacial score (nSPS) is 10.3. The topological polar surface area (TPSA) is 83.7 Å². The van der Waals surface area contributed by atoms with Crippen LogP contribution < -0.4 is 10.6 Å². The molecule has 0 spiro atoms. The van der Waals surface area contributed by atoms with E-state index in [2.05, 4.69) is 62.8 Å². The van der Waals surface area contributed by atoms with Crippen molar-refractivity contribution in [1.82, 2.24) is 19.9 Å². The minimum atomic E-state index is 0. The summed E-state index contributed by atoms with van der Waals surface area (Å²) in [5.41, 5.74) is 7.17. The molecule has 0 bridgehead atoms. The van der Waals surface area contributed by atoms with Gasteiger partial charge >= 0.3 is 0 Å². The number of aromatic amines is 1. The molecule has 0 aliphatic heterocycles. The zero-order chi connectivity index (χ0) is 15.5. The molecule has 0 fully saturated rings. The van der Waals surface area contributed by atoms with E-state index in [-0.39, 0.29) is 24.8 Å². The molecular weight excluding hydrogens is 503 g/mol. The average Bonchev–Trinajstić information content (AvgIpc) is 3.07. The number of hydrogen-bond donors (Lipinski definition) is 2. The molecule has 0 aliphatic carbocycles. The lowest BCUT2D eigenvalue weighted by Crippen LogP contribution is -2.26. The number of halogens is 4. The molecule has 3 heterocycles. The SMILES string of the molecule is Cl.Cl.NCCCN(Cc1cc(Br)c(Br)s1)c1nc2cncnc2[nH]1. The monoisotopic (exact) mass is 516 g/mol. The maximum Gasteiger partial charge on any atom is 0.205 e. The van der Waals surface area contributed by atoms with Crippen molar-refractivity contribution in [3.8, 4) is 0 Å². The van der Waals surface area contributed by atoms with Crippen molar-refractivity contribution in [2.75, 3.05) is 18.0 Å². The first-order valence-electron chi connectivity index (χ1n) is 6.72. The van der Waals surface area contributed by atoms with Gasteiger partial charge in [0.25, 0.3) is 0 Å². The van der Waals surface area contributed by atoms with Gasteiger partial charge in [-0.15, -0.1) is 36.2 Å². The van der Waals surface area contributed by atoms with Crippen LogP contribution in [0.15, 0.2) is 26.8 Å². The van der Waals surface area contributed by atoms with Crippen molar-refractivity contribution in [3.05, 3.63) is 31.7 Å². The Kier molecular flexibility index (Phi) is 8.89. The predicted molar refractivity (Wildman–Crippen MR) is 111 cm³/mol. The molecule has 24 heavy (non-hydrogen) atoms. The van der Waals surface area contributed by atoms with Gasteiger partial charge in [-0.25, -0.2) is 15.0 Å².